The lowest BCUT2D eigenvalue weighted by atomic mass is 10.2. The van der Waals surface area contributed by atoms with Crippen LogP contribution < -0.4 is 5.84 Å². The molecule has 0 aliphatic rings. The molecule has 6 nitrogen and oxygen atoms in total. The highest BCUT2D eigenvalue weighted by atomic mass is 16.2. The average molecular weight is 191 g/mol. The summed E-state index contributed by atoms with van der Waals surface area (Å²) < 4.78 is 0. The molecule has 0 spiro atoms. The predicted octanol–water partition coefficient (Wildman–Crippen LogP) is 1.35. The normalized spacial score (nSPS) is 10.1. The summed E-state index contributed by atoms with van der Waals surface area (Å²) in [6.07, 6.45) is 1.41. The van der Waals surface area contributed by atoms with Gasteiger partial charge in [0.05, 0.1) is 6.21 Å². The predicted molar refractivity (Wildman–Crippen MR) is 50.6 cm³/mol. The van der Waals surface area contributed by atoms with Crippen LogP contribution in [-0.4, -0.2) is 17.4 Å². The summed E-state index contributed by atoms with van der Waals surface area (Å²) in [5.41, 5.74) is 7.21. The highest BCUT2D eigenvalue weighted by Crippen LogP contribution is 1.94. The Morgan fingerprint density at radius 1 is 1.43 bits per heavy atom. The van der Waals surface area contributed by atoms with Crippen molar-refractivity contribution in [1.82, 2.24) is 5.12 Å². The molecule has 1 aromatic carbocycles. The second-order valence-corrected chi connectivity index (χ2v) is 2.39. The van der Waals surface area contributed by atoms with Crippen molar-refractivity contribution in [3.63, 3.8) is 0 Å². The zero-order valence-electron chi connectivity index (χ0n) is 7.29. The number of hydrogen-bond donors (Lipinski definition) is 2. The van der Waals surface area contributed by atoms with Crippen molar-refractivity contribution in [3.8, 4) is 0 Å². The lowest BCUT2D eigenvalue weighted by molar-refractivity contribution is 0.209. The second-order valence-electron chi connectivity index (χ2n) is 2.39. The molecule has 0 aromatic heterocycles. The van der Waals surface area contributed by atoms with Crippen LogP contribution in [0.3, 0.4) is 0 Å². The molecule has 0 fully saturated rings. The molecule has 0 saturated carbocycles. The van der Waals surface area contributed by atoms with Crippen molar-refractivity contribution in [3.05, 3.63) is 35.9 Å². The van der Waals surface area contributed by atoms with Crippen LogP contribution in [0.1, 0.15) is 5.56 Å². The number of rotatable bonds is 2. The van der Waals surface area contributed by atoms with Crippen LogP contribution in [0.25, 0.3) is 0 Å². The minimum absolute atomic E-state index is 0.500. The first kappa shape index (κ1) is 10.0. The van der Waals surface area contributed by atoms with Gasteiger partial charge in [-0.15, -0.1) is 5.12 Å². The van der Waals surface area contributed by atoms with E-state index in [9.17, 15) is 4.79 Å². The second kappa shape index (κ2) is 4.83. The minimum atomic E-state index is -0.919. The van der Waals surface area contributed by atoms with E-state index in [1.165, 1.54) is 6.21 Å². The van der Waals surface area contributed by atoms with Crippen molar-refractivity contribution in [2.45, 2.75) is 0 Å². The molecule has 3 N–H and O–H groups in total. The third kappa shape index (κ3) is 2.76. The van der Waals surface area contributed by atoms with Gasteiger partial charge in [0.25, 0.3) is 0 Å². The Labute approximate surface area is 80.5 Å². The molecule has 0 unspecified atom stereocenters. The number of nitrogens with two attached hydrogens (primary N) is 1. The smallest absolute Gasteiger partial charge is 0.241 e. The number of nitrogens with one attached hydrogen (secondary N) is 1. The maximum absolute atomic E-state index is 10.7. The van der Waals surface area contributed by atoms with Crippen LogP contribution in [0.5, 0.6) is 0 Å². The number of carbonyl (C=O) groups is 1. The van der Waals surface area contributed by atoms with Gasteiger partial charge in [0.1, 0.15) is 0 Å². The third-order valence-electron chi connectivity index (χ3n) is 1.42. The monoisotopic (exact) mass is 191 g/mol. The first-order valence-electron chi connectivity index (χ1n) is 3.79. The largest absolute Gasteiger partial charge is 0.397 e. The van der Waals surface area contributed by atoms with E-state index >= 15 is 0 Å². The molecule has 1 aromatic rings. The van der Waals surface area contributed by atoms with Crippen molar-refractivity contribution < 1.29 is 4.79 Å². The summed E-state index contributed by atoms with van der Waals surface area (Å²) in [6.45, 7) is 0. The lowest BCUT2D eigenvalue weighted by Gasteiger charge is -2.03. The maximum atomic E-state index is 10.7. The Balaban J connectivity index is 2.65. The third-order valence-corrected chi connectivity index (χ3v) is 1.42. The van der Waals surface area contributed by atoms with Gasteiger partial charge in [-0.1, -0.05) is 35.4 Å². The van der Waals surface area contributed by atoms with Gasteiger partial charge >= 0.3 is 6.03 Å². The SMILES string of the molecule is N=NC(=O)N(N)N=Cc1ccccc1. The summed E-state index contributed by atoms with van der Waals surface area (Å²) in [6, 6.07) is 8.22. The molecule has 0 heterocycles. The molecule has 1 rings (SSSR count). The Kier molecular flexibility index (Phi) is 3.45. The van der Waals surface area contributed by atoms with Crippen LogP contribution in [0, 0.1) is 5.53 Å². The fourth-order valence-corrected chi connectivity index (χ4v) is 0.769. The van der Waals surface area contributed by atoms with Crippen LogP contribution in [0.4, 0.5) is 4.79 Å². The molecule has 14 heavy (non-hydrogen) atoms. The molecular weight excluding hydrogens is 182 g/mol. The number of amides is 2. The van der Waals surface area contributed by atoms with E-state index in [1.54, 1.807) is 12.1 Å². The standard InChI is InChI=1S/C8H9N5O/c9-12-8(14)13(10)11-6-7-4-2-1-3-5-7/h1-6,9H,10H2. The number of carbonyl (C=O) groups excluding carboxylic acids is 1. The summed E-state index contributed by atoms with van der Waals surface area (Å²) in [4.78, 5) is 10.7. The molecule has 0 saturated heterocycles. The van der Waals surface area contributed by atoms with Crippen molar-refractivity contribution in [2.75, 3.05) is 0 Å². The van der Waals surface area contributed by atoms with Gasteiger partial charge in [-0.2, -0.15) is 10.6 Å². The first-order valence-corrected chi connectivity index (χ1v) is 3.79. The van der Waals surface area contributed by atoms with E-state index in [0.717, 1.165) is 5.56 Å². The Morgan fingerprint density at radius 3 is 2.64 bits per heavy atom. The van der Waals surface area contributed by atoms with E-state index in [1.807, 2.05) is 18.2 Å². The zero-order chi connectivity index (χ0) is 10.4. The highest BCUT2D eigenvalue weighted by Gasteiger charge is 2.03. The number of hydrazine groups is 1. The van der Waals surface area contributed by atoms with Crippen LogP contribution in [-0.2, 0) is 0 Å². The van der Waals surface area contributed by atoms with Gasteiger partial charge in [-0.3, -0.25) is 0 Å². The van der Waals surface area contributed by atoms with Gasteiger partial charge in [0.2, 0.25) is 0 Å². The average Bonchev–Trinajstić information content (AvgIpc) is 2.26. The molecule has 0 aliphatic carbocycles. The molecule has 0 bridgehead atoms. The minimum Gasteiger partial charge on any atom is -0.241 e. The van der Waals surface area contributed by atoms with Gasteiger partial charge in [0, 0.05) is 0 Å². The molecular formula is C8H9N5O. The van der Waals surface area contributed by atoms with E-state index < -0.39 is 6.03 Å². The molecule has 0 atom stereocenters. The van der Waals surface area contributed by atoms with E-state index in [0.29, 0.717) is 5.12 Å². The van der Waals surface area contributed by atoms with Crippen molar-refractivity contribution >= 4 is 12.2 Å². The topological polar surface area (TPSA) is 94.9 Å². The van der Waals surface area contributed by atoms with Crippen LogP contribution >= 0.6 is 0 Å². The summed E-state index contributed by atoms with van der Waals surface area (Å²) in [5, 5.41) is 6.69. The first-order chi connectivity index (χ1) is 6.74. The summed E-state index contributed by atoms with van der Waals surface area (Å²) in [7, 11) is 0. The fourth-order valence-electron chi connectivity index (χ4n) is 0.769. The van der Waals surface area contributed by atoms with E-state index in [-0.39, 0.29) is 0 Å². The zero-order valence-corrected chi connectivity index (χ0v) is 7.29. The van der Waals surface area contributed by atoms with Crippen LogP contribution in [0.15, 0.2) is 40.5 Å². The Morgan fingerprint density at radius 2 is 2.07 bits per heavy atom. The van der Waals surface area contributed by atoms with Gasteiger partial charge in [-0.05, 0) is 5.56 Å². The summed E-state index contributed by atoms with van der Waals surface area (Å²) >= 11 is 0. The Bertz CT molecular complexity index is 348. The van der Waals surface area contributed by atoms with Gasteiger partial charge in [0.15, 0.2) is 0 Å². The number of hydrogen-bond acceptors (Lipinski definition) is 4. The molecule has 6 heteroatoms. The molecule has 2 amide bonds. The Hall–Kier alpha value is -2.08. The molecule has 0 aliphatic heterocycles. The number of urea groups is 1. The van der Waals surface area contributed by atoms with Gasteiger partial charge < -0.3 is 0 Å². The van der Waals surface area contributed by atoms with E-state index in [2.05, 4.69) is 10.2 Å². The number of nitrogens with zero attached hydrogens (tertiary/aromatic N) is 3. The van der Waals surface area contributed by atoms with Crippen molar-refractivity contribution in [1.29, 1.82) is 5.53 Å². The van der Waals surface area contributed by atoms with Crippen molar-refractivity contribution in [2.24, 2.45) is 16.1 Å². The summed E-state index contributed by atoms with van der Waals surface area (Å²) in [5.74, 6) is 5.15. The molecule has 0 radical (unpaired) electrons. The lowest BCUT2D eigenvalue weighted by Crippen LogP contribution is -2.29. The number of benzene rings is 1. The quantitative estimate of drug-likeness (QED) is 0.242. The van der Waals surface area contributed by atoms with E-state index in [4.69, 9.17) is 11.4 Å². The number of hydrazone groups is 1. The fraction of sp³-hybridized carbons (Fsp3) is 0. The maximum Gasteiger partial charge on any atom is 0.397 e. The van der Waals surface area contributed by atoms with Gasteiger partial charge in [-0.25, -0.2) is 10.6 Å². The molecule has 72 valence electrons. The van der Waals surface area contributed by atoms with Crippen LogP contribution in [0.2, 0.25) is 0 Å². The highest BCUT2D eigenvalue weighted by molar-refractivity contribution is 5.81.